The third kappa shape index (κ3) is 3.45. The molecular formula is C13H15N3O2S. The third-order valence-corrected chi connectivity index (χ3v) is 3.77. The van der Waals surface area contributed by atoms with Crippen molar-refractivity contribution in [2.24, 2.45) is 0 Å². The molecule has 0 saturated heterocycles. The van der Waals surface area contributed by atoms with Gasteiger partial charge >= 0.3 is 0 Å². The molecule has 6 heteroatoms. The number of nitrogen functional groups attached to an aromatic ring is 1. The van der Waals surface area contributed by atoms with E-state index in [0.717, 1.165) is 5.56 Å². The smallest absolute Gasteiger partial charge is 0.232 e. The molecule has 1 aromatic carbocycles. The topological polar surface area (TPSA) is 76.3 Å². The highest BCUT2D eigenvalue weighted by Gasteiger charge is 2.17. The van der Waals surface area contributed by atoms with Crippen molar-refractivity contribution < 1.29 is 8.42 Å². The maximum Gasteiger partial charge on any atom is 0.232 e. The zero-order valence-corrected chi connectivity index (χ0v) is 11.3. The predicted octanol–water partition coefficient (Wildman–Crippen LogP) is 1.63. The Kier molecular flexibility index (Phi) is 3.71. The summed E-state index contributed by atoms with van der Waals surface area (Å²) in [6, 6.07) is 10.4. The normalized spacial score (nSPS) is 11.2. The second-order valence-corrected chi connectivity index (χ2v) is 6.13. The summed E-state index contributed by atoms with van der Waals surface area (Å²) in [5.41, 5.74) is 7.65. The van der Waals surface area contributed by atoms with Gasteiger partial charge in [-0.3, -0.25) is 9.29 Å². The summed E-state index contributed by atoms with van der Waals surface area (Å²) in [4.78, 5) is 3.91. The highest BCUT2D eigenvalue weighted by Crippen LogP contribution is 2.22. The molecule has 1 aromatic heterocycles. The molecule has 1 heterocycles. The Labute approximate surface area is 112 Å². The highest BCUT2D eigenvalue weighted by atomic mass is 32.2. The summed E-state index contributed by atoms with van der Waals surface area (Å²) >= 11 is 0. The quantitative estimate of drug-likeness (QED) is 0.862. The number of rotatable bonds is 4. The van der Waals surface area contributed by atoms with E-state index in [0.29, 0.717) is 11.4 Å². The number of nitrogens with two attached hydrogens (primary N) is 1. The molecule has 2 rings (SSSR count). The third-order valence-electron chi connectivity index (χ3n) is 2.63. The molecule has 0 saturated carbocycles. The van der Waals surface area contributed by atoms with Crippen molar-refractivity contribution >= 4 is 21.4 Å². The summed E-state index contributed by atoms with van der Waals surface area (Å²) < 4.78 is 25.2. The van der Waals surface area contributed by atoms with Crippen molar-refractivity contribution in [3.63, 3.8) is 0 Å². The Morgan fingerprint density at radius 1 is 1.21 bits per heavy atom. The van der Waals surface area contributed by atoms with Gasteiger partial charge in [0.15, 0.2) is 0 Å². The largest absolute Gasteiger partial charge is 0.399 e. The molecule has 0 aliphatic carbocycles. The van der Waals surface area contributed by atoms with Gasteiger partial charge in [-0.05, 0) is 35.9 Å². The number of nitrogens with zero attached hydrogens (tertiary/aromatic N) is 2. The summed E-state index contributed by atoms with van der Waals surface area (Å²) in [6.07, 6.45) is 4.45. The van der Waals surface area contributed by atoms with Crippen molar-refractivity contribution in [3.8, 4) is 0 Å². The maximum atomic E-state index is 11.9. The molecule has 19 heavy (non-hydrogen) atoms. The average molecular weight is 277 g/mol. The summed E-state index contributed by atoms with van der Waals surface area (Å²) in [5.74, 6) is 0. The lowest BCUT2D eigenvalue weighted by atomic mass is 10.2. The van der Waals surface area contributed by atoms with Crippen LogP contribution in [0.15, 0.2) is 48.8 Å². The van der Waals surface area contributed by atoms with Crippen molar-refractivity contribution in [1.82, 2.24) is 4.98 Å². The lowest BCUT2D eigenvalue weighted by molar-refractivity contribution is 0.596. The number of benzene rings is 1. The van der Waals surface area contributed by atoms with Crippen LogP contribution < -0.4 is 10.0 Å². The maximum absolute atomic E-state index is 11.9. The SMILES string of the molecule is CS(=O)(=O)N(Cc1ccncc1)c1cccc(N)c1. The van der Waals surface area contributed by atoms with Crippen molar-refractivity contribution in [2.45, 2.75) is 6.54 Å². The van der Waals surface area contributed by atoms with Crippen molar-refractivity contribution in [2.75, 3.05) is 16.3 Å². The van der Waals surface area contributed by atoms with Gasteiger partial charge in [-0.1, -0.05) is 6.07 Å². The Hall–Kier alpha value is -2.08. The molecule has 0 atom stereocenters. The minimum atomic E-state index is -3.38. The minimum absolute atomic E-state index is 0.255. The molecule has 0 aliphatic heterocycles. The van der Waals surface area contributed by atoms with Gasteiger partial charge in [-0.25, -0.2) is 8.42 Å². The molecule has 2 N–H and O–H groups in total. The number of hydrogen-bond acceptors (Lipinski definition) is 4. The van der Waals surface area contributed by atoms with E-state index in [2.05, 4.69) is 4.98 Å². The van der Waals surface area contributed by atoms with E-state index in [1.807, 2.05) is 0 Å². The van der Waals surface area contributed by atoms with Crippen LogP contribution in [0.4, 0.5) is 11.4 Å². The van der Waals surface area contributed by atoms with Crippen LogP contribution in [0.1, 0.15) is 5.56 Å². The first-order valence-corrected chi connectivity index (χ1v) is 7.54. The standard InChI is InChI=1S/C13H15N3O2S/c1-19(17,18)16(10-11-5-7-15-8-6-11)13-4-2-3-12(14)9-13/h2-9H,10,14H2,1H3. The van der Waals surface area contributed by atoms with Gasteiger partial charge in [0, 0.05) is 18.1 Å². The minimum Gasteiger partial charge on any atom is -0.399 e. The zero-order valence-electron chi connectivity index (χ0n) is 10.5. The second-order valence-electron chi connectivity index (χ2n) is 4.22. The number of aromatic nitrogens is 1. The van der Waals surface area contributed by atoms with Gasteiger partial charge in [-0.2, -0.15) is 0 Å². The van der Waals surface area contributed by atoms with E-state index in [1.165, 1.54) is 10.6 Å². The lowest BCUT2D eigenvalue weighted by Crippen LogP contribution is -2.29. The van der Waals surface area contributed by atoms with Gasteiger partial charge in [-0.15, -0.1) is 0 Å². The molecule has 0 aliphatic rings. The fourth-order valence-corrected chi connectivity index (χ4v) is 2.61. The predicted molar refractivity (Wildman–Crippen MR) is 76.1 cm³/mol. The summed E-state index contributed by atoms with van der Waals surface area (Å²) in [5, 5.41) is 0. The highest BCUT2D eigenvalue weighted by molar-refractivity contribution is 7.92. The fourth-order valence-electron chi connectivity index (χ4n) is 1.73. The monoisotopic (exact) mass is 277 g/mol. The molecule has 0 amide bonds. The molecule has 100 valence electrons. The molecular weight excluding hydrogens is 262 g/mol. The molecule has 5 nitrogen and oxygen atoms in total. The number of pyridine rings is 1. The number of anilines is 2. The van der Waals surface area contributed by atoms with Gasteiger partial charge in [0.2, 0.25) is 10.0 Å². The van der Waals surface area contributed by atoms with Crippen LogP contribution in [-0.4, -0.2) is 19.7 Å². The first kappa shape index (κ1) is 13.4. The van der Waals surface area contributed by atoms with Crippen LogP contribution >= 0.6 is 0 Å². The number of sulfonamides is 1. The van der Waals surface area contributed by atoms with Crippen LogP contribution in [0.2, 0.25) is 0 Å². The van der Waals surface area contributed by atoms with Gasteiger partial charge in [0.25, 0.3) is 0 Å². The zero-order chi connectivity index (χ0) is 13.9. The van der Waals surface area contributed by atoms with Gasteiger partial charge in [0.05, 0.1) is 18.5 Å². The first-order valence-electron chi connectivity index (χ1n) is 5.69. The molecule has 0 bridgehead atoms. The molecule has 0 spiro atoms. The van der Waals surface area contributed by atoms with E-state index in [9.17, 15) is 8.42 Å². The lowest BCUT2D eigenvalue weighted by Gasteiger charge is -2.22. The molecule has 2 aromatic rings. The average Bonchev–Trinajstić information content (AvgIpc) is 2.36. The Bertz CT molecular complexity index is 657. The van der Waals surface area contributed by atoms with Crippen molar-refractivity contribution in [3.05, 3.63) is 54.4 Å². The van der Waals surface area contributed by atoms with E-state index in [4.69, 9.17) is 5.73 Å². The van der Waals surface area contributed by atoms with Crippen LogP contribution in [-0.2, 0) is 16.6 Å². The van der Waals surface area contributed by atoms with E-state index in [1.54, 1.807) is 48.8 Å². The van der Waals surface area contributed by atoms with E-state index < -0.39 is 10.0 Å². The Morgan fingerprint density at radius 3 is 2.47 bits per heavy atom. The van der Waals surface area contributed by atoms with Crippen LogP contribution in [0.25, 0.3) is 0 Å². The van der Waals surface area contributed by atoms with E-state index in [-0.39, 0.29) is 6.54 Å². The Balaban J connectivity index is 2.38. The summed E-state index contributed by atoms with van der Waals surface area (Å²) in [6.45, 7) is 0.255. The van der Waals surface area contributed by atoms with Crippen LogP contribution in [0, 0.1) is 0 Å². The fraction of sp³-hybridized carbons (Fsp3) is 0.154. The first-order chi connectivity index (χ1) is 8.97. The molecule has 0 radical (unpaired) electrons. The van der Waals surface area contributed by atoms with Gasteiger partial charge < -0.3 is 5.73 Å². The summed E-state index contributed by atoms with van der Waals surface area (Å²) in [7, 11) is -3.38. The molecule has 0 fully saturated rings. The number of hydrogen-bond donors (Lipinski definition) is 1. The van der Waals surface area contributed by atoms with Crippen LogP contribution in [0.3, 0.4) is 0 Å². The Morgan fingerprint density at radius 2 is 1.89 bits per heavy atom. The van der Waals surface area contributed by atoms with Crippen molar-refractivity contribution in [1.29, 1.82) is 0 Å². The van der Waals surface area contributed by atoms with E-state index >= 15 is 0 Å². The van der Waals surface area contributed by atoms with Crippen LogP contribution in [0.5, 0.6) is 0 Å². The van der Waals surface area contributed by atoms with Gasteiger partial charge in [0.1, 0.15) is 0 Å². The molecule has 0 unspecified atom stereocenters. The second kappa shape index (κ2) is 5.27.